The van der Waals surface area contributed by atoms with Gasteiger partial charge < -0.3 is 5.73 Å². The molecule has 0 unspecified atom stereocenters. The molecule has 1 rings (SSSR count). The first-order valence-electron chi connectivity index (χ1n) is 4.35. The summed E-state index contributed by atoms with van der Waals surface area (Å²) in [5, 5.41) is 0.676. The van der Waals surface area contributed by atoms with Crippen LogP contribution in [0.15, 0.2) is 23.1 Å². The largest absolute Gasteiger partial charge is 0.398 e. The van der Waals surface area contributed by atoms with Crippen LogP contribution in [0, 0.1) is 12.3 Å². The molecule has 0 aliphatic rings. The van der Waals surface area contributed by atoms with E-state index in [1.807, 2.05) is 12.1 Å². The molecule has 3 heteroatoms. The van der Waals surface area contributed by atoms with Crippen LogP contribution in [-0.4, -0.2) is 5.75 Å². The van der Waals surface area contributed by atoms with Gasteiger partial charge in [-0.1, -0.05) is 11.6 Å². The van der Waals surface area contributed by atoms with Crippen LogP contribution in [0.5, 0.6) is 0 Å². The number of terminal acetylenes is 1. The monoisotopic (exact) mass is 225 g/mol. The van der Waals surface area contributed by atoms with Crippen LogP contribution in [-0.2, 0) is 0 Å². The number of anilines is 1. The van der Waals surface area contributed by atoms with Crippen molar-refractivity contribution in [3.05, 3.63) is 23.2 Å². The number of nitrogens with two attached hydrogens (primary N) is 1. The first-order valence-corrected chi connectivity index (χ1v) is 5.71. The van der Waals surface area contributed by atoms with Crippen molar-refractivity contribution in [3.8, 4) is 12.3 Å². The maximum Gasteiger partial charge on any atom is 0.0467 e. The molecule has 0 aliphatic heterocycles. The first kappa shape index (κ1) is 11.3. The summed E-state index contributed by atoms with van der Waals surface area (Å²) in [6.45, 7) is 0. The maximum absolute atomic E-state index is 5.79. The van der Waals surface area contributed by atoms with Crippen LogP contribution < -0.4 is 5.73 Å². The van der Waals surface area contributed by atoms with Crippen LogP contribution in [0.25, 0.3) is 0 Å². The highest BCUT2D eigenvalue weighted by molar-refractivity contribution is 7.99. The number of hydrogen-bond donors (Lipinski definition) is 1. The van der Waals surface area contributed by atoms with Gasteiger partial charge in [0.1, 0.15) is 0 Å². The molecule has 0 atom stereocenters. The van der Waals surface area contributed by atoms with E-state index in [4.69, 9.17) is 23.8 Å². The van der Waals surface area contributed by atoms with E-state index >= 15 is 0 Å². The molecule has 0 spiro atoms. The maximum atomic E-state index is 5.79. The zero-order chi connectivity index (χ0) is 10.4. The van der Waals surface area contributed by atoms with Crippen molar-refractivity contribution in [1.29, 1.82) is 0 Å². The fourth-order valence-corrected chi connectivity index (χ4v) is 2.09. The zero-order valence-corrected chi connectivity index (χ0v) is 9.37. The van der Waals surface area contributed by atoms with Crippen LogP contribution in [0.1, 0.15) is 12.8 Å². The van der Waals surface area contributed by atoms with Crippen LogP contribution in [0.3, 0.4) is 0 Å². The van der Waals surface area contributed by atoms with E-state index in [9.17, 15) is 0 Å². The second-order valence-electron chi connectivity index (χ2n) is 2.84. The second-order valence-corrected chi connectivity index (χ2v) is 4.41. The molecule has 74 valence electrons. The molecule has 1 nitrogen and oxygen atoms in total. The Morgan fingerprint density at radius 1 is 1.50 bits per heavy atom. The summed E-state index contributed by atoms with van der Waals surface area (Å²) >= 11 is 7.50. The number of nitrogen functional groups attached to an aromatic ring is 1. The van der Waals surface area contributed by atoms with Crippen molar-refractivity contribution in [2.24, 2.45) is 0 Å². The lowest BCUT2D eigenvalue weighted by atomic mass is 10.3. The van der Waals surface area contributed by atoms with Gasteiger partial charge in [0.25, 0.3) is 0 Å². The van der Waals surface area contributed by atoms with Gasteiger partial charge in [-0.15, -0.1) is 24.1 Å². The molecule has 14 heavy (non-hydrogen) atoms. The molecule has 0 bridgehead atoms. The van der Waals surface area contributed by atoms with E-state index in [0.717, 1.165) is 29.2 Å². The second kappa shape index (κ2) is 5.85. The number of thioether (sulfide) groups is 1. The van der Waals surface area contributed by atoms with Gasteiger partial charge in [0, 0.05) is 22.0 Å². The van der Waals surface area contributed by atoms with Gasteiger partial charge in [0.2, 0.25) is 0 Å². The topological polar surface area (TPSA) is 26.0 Å². The Bertz CT molecular complexity index is 344. The fraction of sp³-hybridized carbons (Fsp3) is 0.273. The summed E-state index contributed by atoms with van der Waals surface area (Å²) in [6, 6.07) is 5.56. The molecule has 0 saturated carbocycles. The Balaban J connectivity index is 2.47. The van der Waals surface area contributed by atoms with E-state index < -0.39 is 0 Å². The Labute approximate surface area is 94.0 Å². The highest BCUT2D eigenvalue weighted by Crippen LogP contribution is 2.28. The first-order chi connectivity index (χ1) is 6.74. The number of halogens is 1. The molecule has 0 fully saturated rings. The van der Waals surface area contributed by atoms with Crippen LogP contribution in [0.2, 0.25) is 5.02 Å². The van der Waals surface area contributed by atoms with Gasteiger partial charge >= 0.3 is 0 Å². The minimum absolute atomic E-state index is 0.676. The van der Waals surface area contributed by atoms with E-state index in [1.165, 1.54) is 0 Å². The third-order valence-electron chi connectivity index (χ3n) is 1.69. The Morgan fingerprint density at radius 2 is 2.29 bits per heavy atom. The average molecular weight is 226 g/mol. The van der Waals surface area contributed by atoms with Crippen molar-refractivity contribution >= 4 is 29.1 Å². The molecule has 0 saturated heterocycles. The molecule has 1 aromatic carbocycles. The highest BCUT2D eigenvalue weighted by Gasteiger charge is 1.99. The Morgan fingerprint density at radius 3 is 2.93 bits per heavy atom. The fourth-order valence-electron chi connectivity index (χ4n) is 1.01. The summed E-state index contributed by atoms with van der Waals surface area (Å²) in [5.74, 6) is 3.61. The Hall–Kier alpha value is -0.780. The summed E-state index contributed by atoms with van der Waals surface area (Å²) in [4.78, 5) is 1.08. The predicted molar refractivity (Wildman–Crippen MR) is 64.7 cm³/mol. The van der Waals surface area contributed by atoms with Crippen LogP contribution >= 0.6 is 23.4 Å². The molecular weight excluding hydrogens is 214 g/mol. The number of hydrogen-bond acceptors (Lipinski definition) is 2. The minimum Gasteiger partial charge on any atom is -0.398 e. The molecule has 0 radical (unpaired) electrons. The smallest absolute Gasteiger partial charge is 0.0467 e. The van der Waals surface area contributed by atoms with Gasteiger partial charge in [-0.25, -0.2) is 0 Å². The number of benzene rings is 1. The van der Waals surface area contributed by atoms with Gasteiger partial charge in [-0.2, -0.15) is 0 Å². The lowest BCUT2D eigenvalue weighted by molar-refractivity contribution is 0.997. The van der Waals surface area contributed by atoms with E-state index in [0.29, 0.717) is 5.02 Å². The van der Waals surface area contributed by atoms with Crippen molar-refractivity contribution in [2.75, 3.05) is 11.5 Å². The zero-order valence-electron chi connectivity index (χ0n) is 7.79. The van der Waals surface area contributed by atoms with E-state index in [1.54, 1.807) is 17.8 Å². The van der Waals surface area contributed by atoms with Crippen molar-refractivity contribution < 1.29 is 0 Å². The van der Waals surface area contributed by atoms with Gasteiger partial charge in [0.15, 0.2) is 0 Å². The quantitative estimate of drug-likeness (QED) is 0.368. The predicted octanol–water partition coefficient (Wildman–Crippen LogP) is 3.43. The third-order valence-corrected chi connectivity index (χ3v) is 3.11. The lowest BCUT2D eigenvalue weighted by Gasteiger charge is -2.04. The molecule has 2 N–H and O–H groups in total. The number of unbranched alkanes of at least 4 members (excludes halogenated alkanes) is 1. The molecule has 0 aliphatic carbocycles. The van der Waals surface area contributed by atoms with Crippen molar-refractivity contribution in [1.82, 2.24) is 0 Å². The van der Waals surface area contributed by atoms with Crippen molar-refractivity contribution in [2.45, 2.75) is 17.7 Å². The molecule has 1 aromatic rings. The summed E-state index contributed by atoms with van der Waals surface area (Å²) in [5.41, 5.74) is 6.53. The van der Waals surface area contributed by atoms with Gasteiger partial charge in [-0.3, -0.25) is 0 Å². The van der Waals surface area contributed by atoms with E-state index in [-0.39, 0.29) is 0 Å². The van der Waals surface area contributed by atoms with Crippen LogP contribution in [0.4, 0.5) is 5.69 Å². The average Bonchev–Trinajstić information content (AvgIpc) is 2.15. The van der Waals surface area contributed by atoms with Crippen molar-refractivity contribution in [3.63, 3.8) is 0 Å². The third kappa shape index (κ3) is 3.53. The molecule has 0 heterocycles. The molecular formula is C11H12ClNS. The summed E-state index contributed by atoms with van der Waals surface area (Å²) < 4.78 is 0. The van der Waals surface area contributed by atoms with Gasteiger partial charge in [0.05, 0.1) is 0 Å². The highest BCUT2D eigenvalue weighted by atomic mass is 35.5. The summed E-state index contributed by atoms with van der Waals surface area (Å²) in [7, 11) is 0. The Kier molecular flexibility index (Phi) is 4.72. The molecule has 0 amide bonds. The van der Waals surface area contributed by atoms with Gasteiger partial charge in [-0.05, 0) is 30.4 Å². The standard InChI is InChI=1S/C11H12ClNS/c1-2-3-4-7-14-11-6-5-9(12)8-10(11)13/h1,5-6,8H,3-4,7,13H2. The SMILES string of the molecule is C#CCCCSc1ccc(Cl)cc1N. The normalized spacial score (nSPS) is 9.71. The van der Waals surface area contributed by atoms with E-state index in [2.05, 4.69) is 5.92 Å². The lowest BCUT2D eigenvalue weighted by Crippen LogP contribution is -1.89. The summed E-state index contributed by atoms with van der Waals surface area (Å²) in [6.07, 6.45) is 6.99. The molecule has 0 aromatic heterocycles. The minimum atomic E-state index is 0.676. The number of rotatable bonds is 4.